The van der Waals surface area contributed by atoms with Gasteiger partial charge in [0.2, 0.25) is 0 Å². The largest absolute Gasteiger partial charge is 0.333 e. The Morgan fingerprint density at radius 3 is 2.80 bits per heavy atom. The monoisotopic (exact) mass is 201 g/mol. The van der Waals surface area contributed by atoms with Gasteiger partial charge in [-0.2, -0.15) is 0 Å². The predicted molar refractivity (Wildman–Crippen MR) is 56.3 cm³/mol. The van der Waals surface area contributed by atoms with Crippen LogP contribution in [0.4, 0.5) is 4.79 Å². The lowest BCUT2D eigenvalue weighted by atomic mass is 10.2. The molecule has 1 amide bonds. The fraction of sp³-hybridized carbons (Fsp3) is 0.0909. The summed E-state index contributed by atoms with van der Waals surface area (Å²) in [6.07, 6.45) is 4.66. The first-order valence-corrected chi connectivity index (χ1v) is 4.66. The van der Waals surface area contributed by atoms with Crippen molar-refractivity contribution in [1.29, 1.82) is 0 Å². The number of nitrogens with zero attached hydrogens (tertiary/aromatic N) is 2. The third kappa shape index (κ3) is 2.43. The molecular weight excluding hydrogens is 190 g/mol. The molecule has 0 unspecified atom stereocenters. The van der Waals surface area contributed by atoms with Crippen LogP contribution < -0.4 is 5.32 Å². The van der Waals surface area contributed by atoms with Crippen molar-refractivity contribution in [3.8, 4) is 0 Å². The van der Waals surface area contributed by atoms with Crippen LogP contribution in [0.5, 0.6) is 0 Å². The molecular formula is C11H11N3O. The van der Waals surface area contributed by atoms with Crippen molar-refractivity contribution < 1.29 is 4.79 Å². The third-order valence-corrected chi connectivity index (χ3v) is 2.03. The highest BCUT2D eigenvalue weighted by atomic mass is 16.2. The molecule has 0 radical (unpaired) electrons. The van der Waals surface area contributed by atoms with Crippen LogP contribution in [0.1, 0.15) is 5.56 Å². The van der Waals surface area contributed by atoms with Gasteiger partial charge in [-0.3, -0.25) is 4.57 Å². The molecule has 15 heavy (non-hydrogen) atoms. The fourth-order valence-electron chi connectivity index (χ4n) is 1.24. The zero-order valence-corrected chi connectivity index (χ0v) is 8.13. The van der Waals surface area contributed by atoms with Crippen LogP contribution in [-0.4, -0.2) is 15.6 Å². The Morgan fingerprint density at radius 2 is 2.13 bits per heavy atom. The Morgan fingerprint density at radius 1 is 1.33 bits per heavy atom. The molecule has 0 atom stereocenters. The molecule has 4 nitrogen and oxygen atoms in total. The van der Waals surface area contributed by atoms with Gasteiger partial charge in [0.25, 0.3) is 0 Å². The van der Waals surface area contributed by atoms with Crippen LogP contribution in [-0.2, 0) is 6.54 Å². The van der Waals surface area contributed by atoms with E-state index >= 15 is 0 Å². The van der Waals surface area contributed by atoms with E-state index in [2.05, 4.69) is 10.3 Å². The molecule has 0 aliphatic carbocycles. The van der Waals surface area contributed by atoms with Gasteiger partial charge in [-0.25, -0.2) is 9.78 Å². The number of nitrogens with one attached hydrogen (secondary N) is 1. The number of rotatable bonds is 2. The highest BCUT2D eigenvalue weighted by molar-refractivity contribution is 5.76. The predicted octanol–water partition coefficient (Wildman–Crippen LogP) is 1.64. The van der Waals surface area contributed by atoms with Crippen LogP contribution in [0, 0.1) is 0 Å². The number of hydrogen-bond acceptors (Lipinski definition) is 2. The van der Waals surface area contributed by atoms with Crippen LogP contribution in [0.15, 0.2) is 49.1 Å². The number of carbonyl (C=O) groups excluding carboxylic acids is 1. The summed E-state index contributed by atoms with van der Waals surface area (Å²) in [5, 5.41) is 2.79. The van der Waals surface area contributed by atoms with E-state index in [-0.39, 0.29) is 6.03 Å². The zero-order chi connectivity index (χ0) is 10.5. The van der Waals surface area contributed by atoms with E-state index in [4.69, 9.17) is 0 Å². The van der Waals surface area contributed by atoms with Crippen LogP contribution in [0.3, 0.4) is 0 Å². The lowest BCUT2D eigenvalue weighted by molar-refractivity contribution is 0.242. The maximum absolute atomic E-state index is 11.5. The van der Waals surface area contributed by atoms with Crippen molar-refractivity contribution in [2.24, 2.45) is 0 Å². The highest BCUT2D eigenvalue weighted by Gasteiger charge is 2.01. The van der Waals surface area contributed by atoms with Gasteiger partial charge in [-0.15, -0.1) is 0 Å². The summed E-state index contributed by atoms with van der Waals surface area (Å²) < 4.78 is 1.41. The van der Waals surface area contributed by atoms with Crippen molar-refractivity contribution in [3.63, 3.8) is 0 Å². The van der Waals surface area contributed by atoms with Gasteiger partial charge in [0.1, 0.15) is 6.33 Å². The molecule has 0 spiro atoms. The number of benzene rings is 1. The third-order valence-electron chi connectivity index (χ3n) is 2.03. The van der Waals surface area contributed by atoms with Crippen LogP contribution in [0.2, 0.25) is 0 Å². The quantitative estimate of drug-likeness (QED) is 0.802. The summed E-state index contributed by atoms with van der Waals surface area (Å²) in [5.41, 5.74) is 1.07. The molecule has 2 aromatic rings. The molecule has 0 saturated carbocycles. The summed E-state index contributed by atoms with van der Waals surface area (Å²) in [5.74, 6) is 0. The highest BCUT2D eigenvalue weighted by Crippen LogP contribution is 1.97. The van der Waals surface area contributed by atoms with E-state index in [0.29, 0.717) is 6.54 Å². The minimum Gasteiger partial charge on any atom is -0.333 e. The smallest absolute Gasteiger partial charge is 0.327 e. The van der Waals surface area contributed by atoms with Crippen molar-refractivity contribution in [1.82, 2.24) is 14.9 Å². The van der Waals surface area contributed by atoms with Crippen molar-refractivity contribution in [3.05, 3.63) is 54.6 Å². The molecule has 1 N–H and O–H groups in total. The Kier molecular flexibility index (Phi) is 2.78. The Labute approximate surface area is 87.6 Å². The van der Waals surface area contributed by atoms with Gasteiger partial charge >= 0.3 is 6.03 Å². The second kappa shape index (κ2) is 4.41. The minimum absolute atomic E-state index is 0.170. The number of carbonyl (C=O) groups is 1. The van der Waals surface area contributed by atoms with E-state index in [1.54, 1.807) is 12.4 Å². The summed E-state index contributed by atoms with van der Waals surface area (Å²) in [6, 6.07) is 9.59. The molecule has 0 fully saturated rings. The fourth-order valence-corrected chi connectivity index (χ4v) is 1.24. The topological polar surface area (TPSA) is 46.9 Å². The number of aromatic nitrogens is 2. The molecule has 0 bridgehead atoms. The van der Waals surface area contributed by atoms with Gasteiger partial charge < -0.3 is 5.32 Å². The molecule has 1 heterocycles. The Bertz CT molecular complexity index is 422. The molecule has 76 valence electrons. The molecule has 0 saturated heterocycles. The SMILES string of the molecule is O=C(NCc1ccccc1)n1ccnc1. The van der Waals surface area contributed by atoms with Crippen molar-refractivity contribution in [2.45, 2.75) is 6.54 Å². The number of imidazole rings is 1. The second-order valence-electron chi connectivity index (χ2n) is 3.11. The van der Waals surface area contributed by atoms with Gasteiger partial charge in [0, 0.05) is 18.9 Å². The summed E-state index contributed by atoms with van der Waals surface area (Å²) >= 11 is 0. The average molecular weight is 201 g/mol. The number of amides is 1. The van der Waals surface area contributed by atoms with E-state index < -0.39 is 0 Å². The standard InChI is InChI=1S/C11H11N3O/c15-11(14-7-6-12-9-14)13-8-10-4-2-1-3-5-10/h1-7,9H,8H2,(H,13,15). The van der Waals surface area contributed by atoms with Gasteiger partial charge in [-0.05, 0) is 5.56 Å². The minimum atomic E-state index is -0.170. The van der Waals surface area contributed by atoms with Crippen molar-refractivity contribution in [2.75, 3.05) is 0 Å². The molecule has 1 aromatic carbocycles. The molecule has 2 rings (SSSR count). The maximum atomic E-state index is 11.5. The first-order chi connectivity index (χ1) is 7.36. The second-order valence-corrected chi connectivity index (χ2v) is 3.11. The van der Waals surface area contributed by atoms with E-state index in [9.17, 15) is 4.79 Å². The summed E-state index contributed by atoms with van der Waals surface area (Å²) in [4.78, 5) is 15.3. The average Bonchev–Trinajstić information content (AvgIpc) is 2.81. The summed E-state index contributed by atoms with van der Waals surface area (Å²) in [7, 11) is 0. The lowest BCUT2D eigenvalue weighted by Crippen LogP contribution is -2.26. The summed E-state index contributed by atoms with van der Waals surface area (Å²) in [6.45, 7) is 0.526. The molecule has 0 aliphatic rings. The van der Waals surface area contributed by atoms with Crippen molar-refractivity contribution >= 4 is 6.03 Å². The molecule has 4 heteroatoms. The number of hydrogen-bond donors (Lipinski definition) is 1. The van der Waals surface area contributed by atoms with E-state index in [1.807, 2.05) is 30.3 Å². The van der Waals surface area contributed by atoms with E-state index in [0.717, 1.165) is 5.56 Å². The van der Waals surface area contributed by atoms with Gasteiger partial charge in [0.05, 0.1) is 0 Å². The Hall–Kier alpha value is -2.10. The molecule has 1 aromatic heterocycles. The molecule has 0 aliphatic heterocycles. The zero-order valence-electron chi connectivity index (χ0n) is 8.13. The Balaban J connectivity index is 1.92. The van der Waals surface area contributed by atoms with E-state index in [1.165, 1.54) is 10.9 Å². The first kappa shape index (κ1) is 9.45. The van der Waals surface area contributed by atoms with Gasteiger partial charge in [0.15, 0.2) is 0 Å². The normalized spacial score (nSPS) is 9.87. The van der Waals surface area contributed by atoms with Gasteiger partial charge in [-0.1, -0.05) is 30.3 Å². The lowest BCUT2D eigenvalue weighted by Gasteiger charge is -2.04. The first-order valence-electron chi connectivity index (χ1n) is 4.66. The van der Waals surface area contributed by atoms with Crippen LogP contribution in [0.25, 0.3) is 0 Å². The van der Waals surface area contributed by atoms with Crippen LogP contribution >= 0.6 is 0 Å². The maximum Gasteiger partial charge on any atom is 0.327 e.